The van der Waals surface area contributed by atoms with E-state index in [0.29, 0.717) is 29.7 Å². The van der Waals surface area contributed by atoms with Gasteiger partial charge in [0.25, 0.3) is 0 Å². The number of pyridine rings is 1. The summed E-state index contributed by atoms with van der Waals surface area (Å²) in [4.78, 5) is 31.9. The van der Waals surface area contributed by atoms with Crippen molar-refractivity contribution in [2.45, 2.75) is 39.5 Å². The fourth-order valence-electron chi connectivity index (χ4n) is 5.21. The van der Waals surface area contributed by atoms with E-state index in [-0.39, 0.29) is 34.4 Å². The Hall–Kier alpha value is -3.84. The van der Waals surface area contributed by atoms with E-state index in [9.17, 15) is 9.59 Å². The molecule has 2 heterocycles. The molecule has 0 fully saturated rings. The van der Waals surface area contributed by atoms with Gasteiger partial charge in [0.1, 0.15) is 11.0 Å². The Bertz CT molecular complexity index is 1460. The first-order valence-electron chi connectivity index (χ1n) is 12.3. The fourth-order valence-corrected chi connectivity index (χ4v) is 5.46. The van der Waals surface area contributed by atoms with Gasteiger partial charge in [-0.05, 0) is 43.0 Å². The lowest BCUT2D eigenvalue weighted by atomic mass is 9.69. The number of anilines is 1. The molecule has 0 spiro atoms. The molecule has 2 aromatic carbocycles. The van der Waals surface area contributed by atoms with Crippen LogP contribution in [0.5, 0.6) is 0 Å². The van der Waals surface area contributed by atoms with Crippen LogP contribution in [0.1, 0.15) is 45.1 Å². The van der Waals surface area contributed by atoms with Crippen molar-refractivity contribution in [3.05, 3.63) is 94.0 Å². The highest BCUT2D eigenvalue weighted by Crippen LogP contribution is 2.50. The van der Waals surface area contributed by atoms with Crippen LogP contribution in [0.4, 0.5) is 5.69 Å². The number of hydrogen-bond acceptors (Lipinski definition) is 7. The third kappa shape index (κ3) is 4.55. The SMILES string of the molecule is CCOC(=O)C1=C(N)N(Nc2ccccc2)C2=C(C(=O)CC(C)(C)C2)C1c1cc2ccccc2nc1Cl. The van der Waals surface area contributed by atoms with E-state index < -0.39 is 11.9 Å². The maximum Gasteiger partial charge on any atom is 0.338 e. The molecule has 1 unspecified atom stereocenters. The van der Waals surface area contributed by atoms with Crippen LogP contribution in [0, 0.1) is 5.41 Å². The van der Waals surface area contributed by atoms with Crippen molar-refractivity contribution in [3.8, 4) is 0 Å². The number of halogens is 1. The molecule has 1 aliphatic carbocycles. The predicted octanol–water partition coefficient (Wildman–Crippen LogP) is 5.69. The van der Waals surface area contributed by atoms with Gasteiger partial charge >= 0.3 is 5.97 Å². The molecular weight excluding hydrogens is 488 g/mol. The number of nitrogens with zero attached hydrogens (tertiary/aromatic N) is 2. The first-order chi connectivity index (χ1) is 17.7. The number of para-hydroxylation sites is 2. The van der Waals surface area contributed by atoms with Crippen LogP contribution in [0.2, 0.25) is 5.15 Å². The molecule has 190 valence electrons. The number of fused-ring (bicyclic) bond motifs is 1. The summed E-state index contributed by atoms with van der Waals surface area (Å²) in [5, 5.41) is 2.72. The second-order valence-corrected chi connectivity index (χ2v) is 10.5. The van der Waals surface area contributed by atoms with Crippen LogP contribution in [0.25, 0.3) is 10.9 Å². The normalized spacial score (nSPS) is 19.2. The molecule has 0 bridgehead atoms. The molecule has 8 heteroatoms. The van der Waals surface area contributed by atoms with Gasteiger partial charge in [0, 0.05) is 22.9 Å². The van der Waals surface area contributed by atoms with E-state index in [4.69, 9.17) is 22.1 Å². The Balaban J connectivity index is 1.78. The van der Waals surface area contributed by atoms with E-state index in [1.807, 2.05) is 60.7 Å². The molecule has 5 rings (SSSR count). The number of aromatic nitrogens is 1. The average molecular weight is 517 g/mol. The number of nitrogens with one attached hydrogen (secondary N) is 1. The highest BCUT2D eigenvalue weighted by atomic mass is 35.5. The van der Waals surface area contributed by atoms with Gasteiger partial charge in [-0.15, -0.1) is 0 Å². The molecule has 2 aliphatic rings. The lowest BCUT2D eigenvalue weighted by Gasteiger charge is -2.44. The predicted molar refractivity (Wildman–Crippen MR) is 144 cm³/mol. The van der Waals surface area contributed by atoms with Crippen LogP contribution < -0.4 is 11.2 Å². The number of hydrogen-bond donors (Lipinski definition) is 2. The number of allylic oxidation sites excluding steroid dienone is 2. The lowest BCUT2D eigenvalue weighted by molar-refractivity contribution is -0.139. The van der Waals surface area contributed by atoms with Gasteiger partial charge in [-0.25, -0.2) is 14.8 Å². The Labute approximate surface area is 220 Å². The van der Waals surface area contributed by atoms with Gasteiger partial charge in [0.05, 0.1) is 35.0 Å². The lowest BCUT2D eigenvalue weighted by Crippen LogP contribution is -2.45. The summed E-state index contributed by atoms with van der Waals surface area (Å²) in [6, 6.07) is 19.0. The summed E-state index contributed by atoms with van der Waals surface area (Å²) < 4.78 is 5.46. The molecule has 37 heavy (non-hydrogen) atoms. The van der Waals surface area contributed by atoms with Crippen LogP contribution in [-0.2, 0) is 14.3 Å². The van der Waals surface area contributed by atoms with Crippen LogP contribution in [-0.4, -0.2) is 28.4 Å². The first-order valence-corrected chi connectivity index (χ1v) is 12.7. The number of carbonyl (C=O) groups excluding carboxylic acids is 2. The van der Waals surface area contributed by atoms with Gasteiger partial charge < -0.3 is 10.5 Å². The summed E-state index contributed by atoms with van der Waals surface area (Å²) in [7, 11) is 0. The quantitative estimate of drug-likeness (QED) is 0.332. The maximum atomic E-state index is 13.8. The molecular formula is C29H29ClN4O3. The molecule has 3 aromatic rings. The van der Waals surface area contributed by atoms with Crippen molar-refractivity contribution >= 4 is 39.9 Å². The Morgan fingerprint density at radius 2 is 1.86 bits per heavy atom. The van der Waals surface area contributed by atoms with Crippen molar-refractivity contribution in [3.63, 3.8) is 0 Å². The monoisotopic (exact) mass is 516 g/mol. The number of nitrogens with two attached hydrogens (primary N) is 1. The Morgan fingerprint density at radius 3 is 2.59 bits per heavy atom. The summed E-state index contributed by atoms with van der Waals surface area (Å²) in [5.41, 5.74) is 13.2. The zero-order valence-corrected chi connectivity index (χ0v) is 21.8. The zero-order valence-electron chi connectivity index (χ0n) is 21.0. The molecule has 0 saturated carbocycles. The largest absolute Gasteiger partial charge is 0.463 e. The molecule has 1 aliphatic heterocycles. The standard InChI is InChI=1S/C29H29ClN4O3/c1-4-37-28(36)25-23(19-14-17-10-8-9-13-20(17)32-26(19)30)24-21(15-29(2,3)16-22(24)35)34(27(25)31)33-18-11-6-5-7-12-18/h5-14,23,33H,4,15-16,31H2,1-3H3. The van der Waals surface area contributed by atoms with E-state index in [1.165, 1.54) is 0 Å². The molecule has 1 aromatic heterocycles. The number of ketones is 1. The van der Waals surface area contributed by atoms with Crippen LogP contribution in [0.15, 0.2) is 83.3 Å². The Morgan fingerprint density at radius 1 is 1.16 bits per heavy atom. The number of benzene rings is 2. The minimum absolute atomic E-state index is 0.0605. The van der Waals surface area contributed by atoms with Crippen molar-refractivity contribution in [1.29, 1.82) is 0 Å². The molecule has 7 nitrogen and oxygen atoms in total. The van der Waals surface area contributed by atoms with Gasteiger partial charge in [-0.3, -0.25) is 10.2 Å². The third-order valence-corrected chi connectivity index (χ3v) is 7.09. The second kappa shape index (κ2) is 9.56. The zero-order chi connectivity index (χ0) is 26.3. The topological polar surface area (TPSA) is 97.5 Å². The summed E-state index contributed by atoms with van der Waals surface area (Å²) in [6.07, 6.45) is 0.899. The molecule has 0 amide bonds. The van der Waals surface area contributed by atoms with Gasteiger partial charge in [-0.2, -0.15) is 0 Å². The minimum atomic E-state index is -0.809. The highest BCUT2D eigenvalue weighted by molar-refractivity contribution is 6.31. The van der Waals surface area contributed by atoms with Crippen molar-refractivity contribution < 1.29 is 14.3 Å². The van der Waals surface area contributed by atoms with E-state index in [0.717, 1.165) is 16.6 Å². The molecule has 0 saturated heterocycles. The van der Waals surface area contributed by atoms with Crippen molar-refractivity contribution in [1.82, 2.24) is 9.99 Å². The summed E-state index contributed by atoms with van der Waals surface area (Å²) in [6.45, 7) is 5.99. The van der Waals surface area contributed by atoms with Gasteiger partial charge in [0.15, 0.2) is 5.78 Å². The van der Waals surface area contributed by atoms with E-state index in [1.54, 1.807) is 11.9 Å². The molecule has 0 radical (unpaired) electrons. The number of Topliss-reactive ketones (excluding diaryl/α,β-unsaturated/α-hetero) is 1. The number of hydrazine groups is 1. The van der Waals surface area contributed by atoms with Crippen molar-refractivity contribution in [2.24, 2.45) is 11.1 Å². The highest BCUT2D eigenvalue weighted by Gasteiger charge is 2.47. The third-order valence-electron chi connectivity index (χ3n) is 6.79. The van der Waals surface area contributed by atoms with Crippen LogP contribution in [0.3, 0.4) is 0 Å². The van der Waals surface area contributed by atoms with E-state index >= 15 is 0 Å². The Kier molecular flexibility index (Phi) is 6.42. The minimum Gasteiger partial charge on any atom is -0.463 e. The molecule has 3 N–H and O–H groups in total. The summed E-state index contributed by atoms with van der Waals surface area (Å²) >= 11 is 6.74. The number of esters is 1. The second-order valence-electron chi connectivity index (χ2n) is 10.1. The smallest absolute Gasteiger partial charge is 0.338 e. The van der Waals surface area contributed by atoms with Gasteiger partial charge in [-0.1, -0.05) is 61.8 Å². The van der Waals surface area contributed by atoms with E-state index in [2.05, 4.69) is 24.3 Å². The summed E-state index contributed by atoms with van der Waals surface area (Å²) in [5.74, 6) is -1.30. The number of carbonyl (C=O) groups is 2. The van der Waals surface area contributed by atoms with Crippen molar-refractivity contribution in [2.75, 3.05) is 12.0 Å². The van der Waals surface area contributed by atoms with Gasteiger partial charge in [0.2, 0.25) is 0 Å². The number of ether oxygens (including phenoxy) is 1. The fraction of sp³-hybridized carbons (Fsp3) is 0.276. The average Bonchev–Trinajstić information content (AvgIpc) is 2.85. The maximum absolute atomic E-state index is 13.8. The number of rotatable bonds is 5. The first kappa shape index (κ1) is 24.8. The van der Waals surface area contributed by atoms with Crippen LogP contribution >= 0.6 is 11.6 Å². The molecule has 1 atom stereocenters.